The number of alkyl halides is 3. The van der Waals surface area contributed by atoms with Crippen molar-refractivity contribution >= 4 is 22.6 Å². The number of aromatic nitrogens is 5. The number of anilines is 1. The molecular weight excluding hydrogens is 461 g/mol. The average Bonchev–Trinajstić information content (AvgIpc) is 3.28. The molecule has 35 heavy (non-hydrogen) atoms. The van der Waals surface area contributed by atoms with Crippen LogP contribution in [-0.4, -0.2) is 31.1 Å². The van der Waals surface area contributed by atoms with E-state index in [4.69, 9.17) is 4.74 Å². The highest BCUT2D eigenvalue weighted by molar-refractivity contribution is 6.11. The second-order valence-electron chi connectivity index (χ2n) is 7.40. The Morgan fingerprint density at radius 3 is 2.46 bits per heavy atom. The fourth-order valence-electron chi connectivity index (χ4n) is 3.34. The van der Waals surface area contributed by atoms with Crippen molar-refractivity contribution in [1.29, 1.82) is 0 Å². The van der Waals surface area contributed by atoms with Gasteiger partial charge in [-0.1, -0.05) is 24.3 Å². The van der Waals surface area contributed by atoms with Crippen LogP contribution in [0.4, 0.5) is 19.0 Å². The Kier molecular flexibility index (Phi) is 5.57. The van der Waals surface area contributed by atoms with Crippen LogP contribution in [0.5, 0.6) is 11.5 Å². The molecule has 0 saturated heterocycles. The normalized spacial score (nSPS) is 11.4. The van der Waals surface area contributed by atoms with Crippen molar-refractivity contribution in [3.05, 3.63) is 90.8 Å². The Balaban J connectivity index is 1.40. The zero-order valence-corrected chi connectivity index (χ0v) is 17.7. The average molecular weight is 476 g/mol. The van der Waals surface area contributed by atoms with Gasteiger partial charge in [0.25, 0.3) is 5.91 Å². The first kappa shape index (κ1) is 22.0. The van der Waals surface area contributed by atoms with Crippen molar-refractivity contribution in [2.45, 2.75) is 6.18 Å². The van der Waals surface area contributed by atoms with E-state index < -0.39 is 17.8 Å². The van der Waals surface area contributed by atoms with Gasteiger partial charge in [0.05, 0.1) is 24.1 Å². The summed E-state index contributed by atoms with van der Waals surface area (Å²) < 4.78 is 43.9. The molecule has 2 N–H and O–H groups in total. The summed E-state index contributed by atoms with van der Waals surface area (Å²) in [4.78, 5) is 23.9. The number of pyridine rings is 1. The van der Waals surface area contributed by atoms with E-state index in [0.717, 1.165) is 17.3 Å². The van der Waals surface area contributed by atoms with E-state index in [0.29, 0.717) is 28.6 Å². The van der Waals surface area contributed by atoms with E-state index >= 15 is 0 Å². The Bertz CT molecular complexity index is 1500. The number of nitrogens with one attached hydrogen (secondary N) is 2. The number of benzene rings is 2. The second kappa shape index (κ2) is 8.86. The molecular formula is C24H15F3N6O2. The molecule has 0 bridgehead atoms. The first-order valence-electron chi connectivity index (χ1n) is 10.2. The van der Waals surface area contributed by atoms with Crippen LogP contribution in [-0.2, 0) is 6.18 Å². The molecule has 2 aromatic carbocycles. The molecule has 0 aliphatic heterocycles. The fourth-order valence-corrected chi connectivity index (χ4v) is 3.34. The Labute approximate surface area is 195 Å². The molecule has 0 spiro atoms. The SMILES string of the molecule is O=C(Nc1cnc(C(F)(F)F)cn1)c1n[nH]c2ccc(-c3cncc(Oc4ccccc4)c3)cc12. The maximum atomic E-state index is 12.8. The van der Waals surface area contributed by atoms with Crippen LogP contribution in [0.25, 0.3) is 22.0 Å². The highest BCUT2D eigenvalue weighted by Crippen LogP contribution is 2.30. The Morgan fingerprint density at radius 1 is 0.886 bits per heavy atom. The molecule has 0 fully saturated rings. The summed E-state index contributed by atoms with van der Waals surface area (Å²) in [5, 5.41) is 9.75. The number of halogens is 3. The van der Waals surface area contributed by atoms with Crippen molar-refractivity contribution in [3.63, 3.8) is 0 Å². The number of para-hydroxylation sites is 1. The molecule has 0 unspecified atom stereocenters. The van der Waals surface area contributed by atoms with Crippen molar-refractivity contribution in [1.82, 2.24) is 25.1 Å². The van der Waals surface area contributed by atoms with Gasteiger partial charge in [-0.3, -0.25) is 14.9 Å². The summed E-state index contributed by atoms with van der Waals surface area (Å²) in [5.41, 5.74) is 1.00. The summed E-state index contributed by atoms with van der Waals surface area (Å²) in [7, 11) is 0. The maximum absolute atomic E-state index is 12.8. The van der Waals surface area contributed by atoms with Crippen LogP contribution in [0.15, 0.2) is 79.4 Å². The third-order valence-electron chi connectivity index (χ3n) is 4.99. The van der Waals surface area contributed by atoms with Gasteiger partial charge in [-0.25, -0.2) is 9.97 Å². The van der Waals surface area contributed by atoms with Crippen LogP contribution >= 0.6 is 0 Å². The third kappa shape index (κ3) is 4.78. The minimum atomic E-state index is -4.62. The Hall–Kier alpha value is -4.80. The third-order valence-corrected chi connectivity index (χ3v) is 4.99. The lowest BCUT2D eigenvalue weighted by Crippen LogP contribution is -2.15. The van der Waals surface area contributed by atoms with E-state index in [-0.39, 0.29) is 11.5 Å². The number of fused-ring (bicyclic) bond motifs is 1. The summed E-state index contributed by atoms with van der Waals surface area (Å²) in [6, 6.07) is 16.5. The second-order valence-corrected chi connectivity index (χ2v) is 7.40. The van der Waals surface area contributed by atoms with E-state index in [1.807, 2.05) is 42.5 Å². The van der Waals surface area contributed by atoms with Gasteiger partial charge in [0.1, 0.15) is 11.5 Å². The van der Waals surface area contributed by atoms with E-state index in [1.165, 1.54) is 0 Å². The van der Waals surface area contributed by atoms with Gasteiger partial charge in [-0.05, 0) is 35.9 Å². The molecule has 3 heterocycles. The van der Waals surface area contributed by atoms with Crippen LogP contribution in [0.2, 0.25) is 0 Å². The van der Waals surface area contributed by atoms with Crippen molar-refractivity contribution in [3.8, 4) is 22.6 Å². The van der Waals surface area contributed by atoms with Crippen molar-refractivity contribution < 1.29 is 22.7 Å². The highest BCUT2D eigenvalue weighted by atomic mass is 19.4. The molecule has 5 aromatic rings. The number of ether oxygens (including phenoxy) is 1. The predicted molar refractivity (Wildman–Crippen MR) is 121 cm³/mol. The zero-order chi connectivity index (χ0) is 24.4. The first-order valence-corrected chi connectivity index (χ1v) is 10.2. The van der Waals surface area contributed by atoms with Crippen LogP contribution in [0.3, 0.4) is 0 Å². The number of H-pyrrole nitrogens is 1. The van der Waals surface area contributed by atoms with Gasteiger partial charge in [-0.15, -0.1) is 0 Å². The molecule has 0 atom stereocenters. The van der Waals surface area contributed by atoms with Crippen LogP contribution in [0.1, 0.15) is 16.2 Å². The molecule has 8 nitrogen and oxygen atoms in total. The van der Waals surface area contributed by atoms with Crippen molar-refractivity contribution in [2.75, 3.05) is 5.32 Å². The molecule has 0 aliphatic carbocycles. The van der Waals surface area contributed by atoms with Crippen molar-refractivity contribution in [2.24, 2.45) is 0 Å². The van der Waals surface area contributed by atoms with Gasteiger partial charge in [0.15, 0.2) is 17.2 Å². The topological polar surface area (TPSA) is 106 Å². The maximum Gasteiger partial charge on any atom is 0.434 e. The fraction of sp³-hybridized carbons (Fsp3) is 0.0417. The lowest BCUT2D eigenvalue weighted by Gasteiger charge is -2.08. The predicted octanol–water partition coefficient (Wildman–Crippen LogP) is 5.48. The standard InChI is InChI=1S/C24H15F3N6O2/c25-24(26,27)20-12-30-21(13-29-20)31-23(34)22-18-9-14(6-7-19(18)32-33-22)15-8-17(11-28-10-15)35-16-4-2-1-3-5-16/h1-13H,(H,32,33)(H,30,31,34). The lowest BCUT2D eigenvalue weighted by atomic mass is 10.0. The molecule has 174 valence electrons. The van der Waals surface area contributed by atoms with Gasteiger partial charge in [0, 0.05) is 17.1 Å². The number of rotatable bonds is 5. The number of carbonyl (C=O) groups excluding carboxylic acids is 1. The molecule has 0 saturated carbocycles. The smallest absolute Gasteiger partial charge is 0.434 e. The summed E-state index contributed by atoms with van der Waals surface area (Å²) in [6.45, 7) is 0. The largest absolute Gasteiger partial charge is 0.456 e. The first-order chi connectivity index (χ1) is 16.9. The zero-order valence-electron chi connectivity index (χ0n) is 17.7. The number of nitrogens with zero attached hydrogens (tertiary/aromatic N) is 4. The molecule has 5 rings (SSSR count). The van der Waals surface area contributed by atoms with E-state index in [2.05, 4.69) is 30.5 Å². The molecule has 3 aromatic heterocycles. The molecule has 0 aliphatic rings. The monoisotopic (exact) mass is 476 g/mol. The van der Waals surface area contributed by atoms with Gasteiger partial charge < -0.3 is 10.1 Å². The van der Waals surface area contributed by atoms with E-state index in [1.54, 1.807) is 24.5 Å². The minimum Gasteiger partial charge on any atom is -0.456 e. The lowest BCUT2D eigenvalue weighted by molar-refractivity contribution is -0.141. The number of carbonyl (C=O) groups is 1. The van der Waals surface area contributed by atoms with Crippen LogP contribution < -0.4 is 10.1 Å². The number of aromatic amines is 1. The minimum absolute atomic E-state index is 0.0493. The summed E-state index contributed by atoms with van der Waals surface area (Å²) in [6.07, 6.45) is 0.0227. The number of hydrogen-bond acceptors (Lipinski definition) is 6. The highest BCUT2D eigenvalue weighted by Gasteiger charge is 2.32. The molecule has 0 radical (unpaired) electrons. The molecule has 1 amide bonds. The van der Waals surface area contributed by atoms with Gasteiger partial charge >= 0.3 is 6.18 Å². The van der Waals surface area contributed by atoms with Gasteiger partial charge in [0.2, 0.25) is 0 Å². The molecule has 11 heteroatoms. The number of hydrogen-bond donors (Lipinski definition) is 2. The Morgan fingerprint density at radius 2 is 1.71 bits per heavy atom. The van der Waals surface area contributed by atoms with E-state index in [9.17, 15) is 18.0 Å². The van der Waals surface area contributed by atoms with Gasteiger partial charge in [-0.2, -0.15) is 18.3 Å². The number of amides is 1. The van der Waals surface area contributed by atoms with Crippen LogP contribution in [0, 0.1) is 0 Å². The quantitative estimate of drug-likeness (QED) is 0.348. The summed E-state index contributed by atoms with van der Waals surface area (Å²) in [5.74, 6) is 0.425. The summed E-state index contributed by atoms with van der Waals surface area (Å²) >= 11 is 0.